The summed E-state index contributed by atoms with van der Waals surface area (Å²) in [4.78, 5) is 11.1. The molecular formula is C7H23Cl5N4O. The van der Waals surface area contributed by atoms with Crippen LogP contribution in [0.1, 0.15) is 12.8 Å². The van der Waals surface area contributed by atoms with E-state index in [1.54, 1.807) is 0 Å². The van der Waals surface area contributed by atoms with Gasteiger partial charge in [-0.15, -0.1) is 62.0 Å². The van der Waals surface area contributed by atoms with Gasteiger partial charge in [-0.1, -0.05) is 0 Å². The Morgan fingerprint density at radius 1 is 1.00 bits per heavy atom. The van der Waals surface area contributed by atoms with Crippen LogP contribution in [0.3, 0.4) is 0 Å². The number of amides is 1. The van der Waals surface area contributed by atoms with Gasteiger partial charge in [-0.2, -0.15) is 0 Å². The molecule has 0 bridgehead atoms. The summed E-state index contributed by atoms with van der Waals surface area (Å²) >= 11 is 0. The molecule has 0 aliphatic carbocycles. The minimum atomic E-state index is -0.444. The van der Waals surface area contributed by atoms with Gasteiger partial charge < -0.3 is 22.5 Å². The van der Waals surface area contributed by atoms with Gasteiger partial charge in [0.2, 0.25) is 5.91 Å². The highest BCUT2D eigenvalue weighted by atomic mass is 35.5. The number of rotatable bonds is 6. The van der Waals surface area contributed by atoms with E-state index in [-0.39, 0.29) is 67.9 Å². The van der Waals surface area contributed by atoms with Crippen molar-refractivity contribution < 1.29 is 4.79 Å². The van der Waals surface area contributed by atoms with E-state index < -0.39 is 6.04 Å². The molecule has 1 atom stereocenters. The Kier molecular flexibility index (Phi) is 54.3. The van der Waals surface area contributed by atoms with Crippen LogP contribution in [0.2, 0.25) is 0 Å². The summed E-state index contributed by atoms with van der Waals surface area (Å²) in [5.74, 6) is -0.145. The van der Waals surface area contributed by atoms with Gasteiger partial charge in [-0.25, -0.2) is 0 Å². The molecule has 0 saturated carbocycles. The summed E-state index contributed by atoms with van der Waals surface area (Å²) in [6.07, 6.45) is 1.41. The van der Waals surface area contributed by atoms with Crippen molar-refractivity contribution in [2.45, 2.75) is 18.9 Å². The Morgan fingerprint density at radius 2 is 1.47 bits per heavy atom. The lowest BCUT2D eigenvalue weighted by Crippen LogP contribution is -2.42. The van der Waals surface area contributed by atoms with Crippen molar-refractivity contribution in [3.05, 3.63) is 0 Å². The van der Waals surface area contributed by atoms with Crippen molar-refractivity contribution in [2.75, 3.05) is 19.6 Å². The monoisotopic (exact) mass is 354 g/mol. The first kappa shape index (κ1) is 36.1. The van der Waals surface area contributed by atoms with Crippen molar-refractivity contribution in [1.82, 2.24) is 5.32 Å². The summed E-state index contributed by atoms with van der Waals surface area (Å²) in [6.45, 7) is 1.49. The normalized spacial score (nSPS) is 8.88. The number of nitrogens with one attached hydrogen (secondary N) is 1. The topological polar surface area (TPSA) is 107 Å². The smallest absolute Gasteiger partial charge is 0.236 e. The predicted molar refractivity (Wildman–Crippen MR) is 84.6 cm³/mol. The molecule has 112 valence electrons. The average Bonchev–Trinajstić information content (AvgIpc) is 2.10. The predicted octanol–water partition coefficient (Wildman–Crippen LogP) is 0.236. The minimum Gasteiger partial charge on any atom is -0.353 e. The highest BCUT2D eigenvalue weighted by Crippen LogP contribution is 1.91. The number of carbonyl (C=O) groups excluding carboxylic acids is 1. The molecule has 1 amide bonds. The molecule has 0 rings (SSSR count). The SMILES string of the molecule is Cl.Cl.Cl.Cl.Cl.NCCC[C@H](N)C(=O)NCCN. The lowest BCUT2D eigenvalue weighted by Gasteiger charge is -2.10. The number of hydrogen-bond donors (Lipinski definition) is 4. The largest absolute Gasteiger partial charge is 0.353 e. The van der Waals surface area contributed by atoms with Crippen LogP contribution in [0.25, 0.3) is 0 Å². The number of hydrogen-bond acceptors (Lipinski definition) is 4. The molecule has 0 aromatic heterocycles. The van der Waals surface area contributed by atoms with Crippen molar-refractivity contribution >= 4 is 67.9 Å². The first-order valence-electron chi connectivity index (χ1n) is 4.15. The highest BCUT2D eigenvalue weighted by Gasteiger charge is 2.10. The van der Waals surface area contributed by atoms with Crippen molar-refractivity contribution in [3.63, 3.8) is 0 Å². The number of nitrogens with two attached hydrogens (primary N) is 3. The number of halogens is 5. The third-order valence-electron chi connectivity index (χ3n) is 1.50. The van der Waals surface area contributed by atoms with E-state index in [4.69, 9.17) is 17.2 Å². The van der Waals surface area contributed by atoms with Crippen LogP contribution in [0.15, 0.2) is 0 Å². The maximum Gasteiger partial charge on any atom is 0.236 e. The molecular weight excluding hydrogens is 333 g/mol. The zero-order valence-electron chi connectivity index (χ0n) is 9.29. The van der Waals surface area contributed by atoms with E-state index >= 15 is 0 Å². The quantitative estimate of drug-likeness (QED) is 0.547. The standard InChI is InChI=1S/C7H18N4O.5ClH/c8-3-1-2-6(10)7(12)11-5-4-9;;;;;/h6H,1-5,8-10H2,(H,11,12);5*1H/t6-;;;;;/m0...../s1. The molecule has 7 N–H and O–H groups in total. The first-order valence-corrected chi connectivity index (χ1v) is 4.15. The summed E-state index contributed by atoms with van der Waals surface area (Å²) < 4.78 is 0. The Bertz CT molecular complexity index is 143. The van der Waals surface area contributed by atoms with E-state index in [9.17, 15) is 4.79 Å². The van der Waals surface area contributed by atoms with Gasteiger partial charge in [0.05, 0.1) is 6.04 Å². The Morgan fingerprint density at radius 3 is 1.82 bits per heavy atom. The Balaban J connectivity index is -0.0000000605. The molecule has 0 fully saturated rings. The molecule has 0 aliphatic rings. The van der Waals surface area contributed by atoms with Crippen LogP contribution in [0.4, 0.5) is 0 Å². The van der Waals surface area contributed by atoms with Gasteiger partial charge in [0.1, 0.15) is 0 Å². The lowest BCUT2D eigenvalue weighted by molar-refractivity contribution is -0.122. The van der Waals surface area contributed by atoms with E-state index in [1.165, 1.54) is 0 Å². The minimum absolute atomic E-state index is 0. The van der Waals surface area contributed by atoms with Crippen molar-refractivity contribution in [1.29, 1.82) is 0 Å². The molecule has 0 heterocycles. The molecule has 5 nitrogen and oxygen atoms in total. The van der Waals surface area contributed by atoms with Crippen LogP contribution >= 0.6 is 62.0 Å². The van der Waals surface area contributed by atoms with E-state index in [2.05, 4.69) is 5.32 Å². The first-order chi connectivity index (χ1) is 5.72. The fourth-order valence-corrected chi connectivity index (χ4v) is 0.795. The molecule has 0 spiro atoms. The Labute approximate surface area is 133 Å². The molecule has 10 heteroatoms. The van der Waals surface area contributed by atoms with Crippen LogP contribution in [-0.2, 0) is 4.79 Å². The fourth-order valence-electron chi connectivity index (χ4n) is 0.795. The zero-order valence-corrected chi connectivity index (χ0v) is 13.4. The highest BCUT2D eigenvalue weighted by molar-refractivity contribution is 5.86. The van der Waals surface area contributed by atoms with E-state index in [1.807, 2.05) is 0 Å². The van der Waals surface area contributed by atoms with Crippen LogP contribution in [-0.4, -0.2) is 31.6 Å². The molecule has 0 aliphatic heterocycles. The van der Waals surface area contributed by atoms with Crippen molar-refractivity contribution in [3.8, 4) is 0 Å². The van der Waals surface area contributed by atoms with Gasteiger partial charge in [-0.3, -0.25) is 4.79 Å². The van der Waals surface area contributed by atoms with Gasteiger partial charge in [0.15, 0.2) is 0 Å². The fraction of sp³-hybridized carbons (Fsp3) is 0.857. The molecule has 0 aromatic rings. The lowest BCUT2D eigenvalue weighted by atomic mass is 10.1. The zero-order chi connectivity index (χ0) is 9.40. The van der Waals surface area contributed by atoms with E-state index in [0.29, 0.717) is 26.1 Å². The average molecular weight is 357 g/mol. The second kappa shape index (κ2) is 25.6. The number of carbonyl (C=O) groups is 1. The van der Waals surface area contributed by atoms with Crippen LogP contribution in [0, 0.1) is 0 Å². The van der Waals surface area contributed by atoms with E-state index in [0.717, 1.165) is 6.42 Å². The maximum absolute atomic E-state index is 11.1. The molecule has 17 heavy (non-hydrogen) atoms. The van der Waals surface area contributed by atoms with Crippen LogP contribution in [0.5, 0.6) is 0 Å². The summed E-state index contributed by atoms with van der Waals surface area (Å²) in [6, 6.07) is -0.444. The van der Waals surface area contributed by atoms with Gasteiger partial charge >= 0.3 is 0 Å². The summed E-state index contributed by atoms with van der Waals surface area (Å²) in [5.41, 5.74) is 16.0. The van der Waals surface area contributed by atoms with Gasteiger partial charge in [-0.05, 0) is 19.4 Å². The molecule has 0 unspecified atom stereocenters. The molecule has 0 saturated heterocycles. The third-order valence-corrected chi connectivity index (χ3v) is 1.50. The van der Waals surface area contributed by atoms with Crippen LogP contribution < -0.4 is 22.5 Å². The maximum atomic E-state index is 11.1. The Hall–Kier alpha value is 0.800. The molecule has 0 radical (unpaired) electrons. The van der Waals surface area contributed by atoms with Gasteiger partial charge in [0.25, 0.3) is 0 Å². The van der Waals surface area contributed by atoms with Gasteiger partial charge in [0, 0.05) is 13.1 Å². The third kappa shape index (κ3) is 22.5. The van der Waals surface area contributed by atoms with Crippen molar-refractivity contribution in [2.24, 2.45) is 17.2 Å². The second-order valence-electron chi connectivity index (χ2n) is 2.62. The molecule has 0 aromatic carbocycles. The summed E-state index contributed by atoms with van der Waals surface area (Å²) in [7, 11) is 0. The second-order valence-corrected chi connectivity index (χ2v) is 2.62. The summed E-state index contributed by atoms with van der Waals surface area (Å²) in [5, 5.41) is 2.61.